The number of aryl methyl sites for hydroxylation is 1. The van der Waals surface area contributed by atoms with Crippen molar-refractivity contribution in [3.05, 3.63) is 41.9 Å². The maximum atomic E-state index is 12.8. The Hall–Kier alpha value is -2.35. The van der Waals surface area contributed by atoms with Gasteiger partial charge in [0, 0.05) is 36.3 Å². The lowest BCUT2D eigenvalue weighted by molar-refractivity contribution is -0.125. The van der Waals surface area contributed by atoms with Gasteiger partial charge in [0.25, 0.3) is 5.91 Å². The minimum atomic E-state index is -0.974. The predicted octanol–water partition coefficient (Wildman–Crippen LogP) is 0.525. The van der Waals surface area contributed by atoms with Gasteiger partial charge in [-0.2, -0.15) is 0 Å². The molecular weight excluding hydrogens is 292 g/mol. The van der Waals surface area contributed by atoms with Crippen molar-refractivity contribution in [2.24, 2.45) is 0 Å². The predicted molar refractivity (Wildman–Crippen MR) is 88.5 cm³/mol. The van der Waals surface area contributed by atoms with E-state index >= 15 is 0 Å². The largest absolute Gasteiger partial charge is 0.290 e. The maximum Gasteiger partial charge on any atom is 0.281 e. The van der Waals surface area contributed by atoms with Crippen molar-refractivity contribution < 1.29 is 4.79 Å². The van der Waals surface area contributed by atoms with Crippen molar-refractivity contribution >= 4 is 11.6 Å². The molecule has 0 atom stereocenters. The van der Waals surface area contributed by atoms with E-state index in [-0.39, 0.29) is 5.91 Å². The molecule has 120 valence electrons. The molecule has 1 amide bonds. The molecule has 0 spiro atoms. The number of fused-ring (bicyclic) bond motifs is 1. The molecule has 0 bridgehead atoms. The molecule has 2 aromatic heterocycles. The first-order valence-electron chi connectivity index (χ1n) is 7.40. The highest BCUT2D eigenvalue weighted by Gasteiger charge is 2.49. The Kier molecular flexibility index (Phi) is 3.85. The third-order valence-electron chi connectivity index (χ3n) is 4.22. The fourth-order valence-electron chi connectivity index (χ4n) is 3.00. The van der Waals surface area contributed by atoms with Gasteiger partial charge in [0.15, 0.2) is 5.66 Å². The molecule has 3 rings (SSSR count). The normalized spacial score (nSPS) is 15.8. The Bertz CT molecular complexity index is 756. The number of likely N-dealkylation sites (N-methyl/N-ethyl adjacent to an activating group) is 2. The van der Waals surface area contributed by atoms with Crippen molar-refractivity contribution in [1.82, 2.24) is 26.0 Å². The van der Waals surface area contributed by atoms with Crippen molar-refractivity contribution in [2.45, 2.75) is 12.6 Å². The van der Waals surface area contributed by atoms with Crippen LogP contribution in [-0.4, -0.2) is 37.0 Å². The van der Waals surface area contributed by atoms with Gasteiger partial charge >= 0.3 is 0 Å². The Morgan fingerprint density at radius 1 is 1.13 bits per heavy atom. The Morgan fingerprint density at radius 2 is 1.87 bits per heavy atom. The molecule has 7 nitrogen and oxygen atoms in total. The summed E-state index contributed by atoms with van der Waals surface area (Å²) in [5.41, 5.74) is 6.23. The third kappa shape index (κ3) is 2.21. The van der Waals surface area contributed by atoms with Gasteiger partial charge in [0.1, 0.15) is 0 Å². The zero-order valence-corrected chi connectivity index (χ0v) is 13.6. The van der Waals surface area contributed by atoms with E-state index in [1.54, 1.807) is 33.5 Å². The number of rotatable bonds is 4. The summed E-state index contributed by atoms with van der Waals surface area (Å²) in [7, 11) is 5.22. The average molecular weight is 312 g/mol. The summed E-state index contributed by atoms with van der Waals surface area (Å²) in [4.78, 5) is 21.5. The molecule has 0 fully saturated rings. The number of nitrogens with one attached hydrogen (secondary N) is 3. The molecule has 23 heavy (non-hydrogen) atoms. The molecule has 0 radical (unpaired) electrons. The van der Waals surface area contributed by atoms with E-state index in [9.17, 15) is 4.79 Å². The molecule has 2 aromatic rings. The average Bonchev–Trinajstić information content (AvgIpc) is 2.81. The van der Waals surface area contributed by atoms with E-state index in [1.807, 2.05) is 25.1 Å². The quantitative estimate of drug-likeness (QED) is 0.714. The van der Waals surface area contributed by atoms with Crippen LogP contribution in [0.15, 0.2) is 30.6 Å². The minimum absolute atomic E-state index is 0.121. The molecule has 0 saturated carbocycles. The number of carbonyl (C=O) groups is 1. The number of hydrogen-bond donors (Lipinski definition) is 3. The lowest BCUT2D eigenvalue weighted by Crippen LogP contribution is -2.59. The van der Waals surface area contributed by atoms with Gasteiger partial charge in [-0.25, -0.2) is 10.4 Å². The summed E-state index contributed by atoms with van der Waals surface area (Å²) in [6, 6.07) is 5.79. The van der Waals surface area contributed by atoms with Gasteiger partial charge in [-0.05, 0) is 39.2 Å². The van der Waals surface area contributed by atoms with Crippen LogP contribution in [0.2, 0.25) is 0 Å². The molecule has 0 unspecified atom stereocenters. The zero-order valence-electron chi connectivity index (χ0n) is 13.6. The topological polar surface area (TPSA) is 82.2 Å². The van der Waals surface area contributed by atoms with E-state index < -0.39 is 5.66 Å². The van der Waals surface area contributed by atoms with Crippen molar-refractivity contribution in [3.8, 4) is 11.3 Å². The van der Waals surface area contributed by atoms with Gasteiger partial charge in [0.05, 0.1) is 11.4 Å². The minimum Gasteiger partial charge on any atom is -0.290 e. The summed E-state index contributed by atoms with van der Waals surface area (Å²) in [6.07, 6.45) is 3.49. The highest BCUT2D eigenvalue weighted by atomic mass is 16.2. The SMILES string of the molecule is CNN1C(=O)C(NC)(NC)c2cnc(-c3ccnc(C)c3)cc21. The molecule has 1 aliphatic rings. The number of carbonyl (C=O) groups excluding carboxylic acids is 1. The number of aromatic nitrogens is 2. The van der Waals surface area contributed by atoms with E-state index in [0.717, 1.165) is 28.2 Å². The number of amides is 1. The van der Waals surface area contributed by atoms with E-state index in [4.69, 9.17) is 0 Å². The first-order chi connectivity index (χ1) is 11.1. The van der Waals surface area contributed by atoms with Crippen LogP contribution in [0.3, 0.4) is 0 Å². The van der Waals surface area contributed by atoms with Gasteiger partial charge in [0.2, 0.25) is 0 Å². The molecule has 3 N–H and O–H groups in total. The van der Waals surface area contributed by atoms with Crippen molar-refractivity contribution in [3.63, 3.8) is 0 Å². The fourth-order valence-corrected chi connectivity index (χ4v) is 3.00. The lowest BCUT2D eigenvalue weighted by Gasteiger charge is -2.27. The van der Waals surface area contributed by atoms with Crippen molar-refractivity contribution in [2.75, 3.05) is 26.2 Å². The molecule has 0 aliphatic carbocycles. The summed E-state index contributed by atoms with van der Waals surface area (Å²) >= 11 is 0. The van der Waals surface area contributed by atoms with E-state index in [0.29, 0.717) is 0 Å². The standard InChI is InChI=1S/C16H20N6O/c1-10-7-11(5-6-20-10)13-8-14-12(9-21-13)16(17-2,18-3)15(23)22(14)19-4/h5-9,17-19H,1-4H3. The zero-order chi connectivity index (χ0) is 16.6. The van der Waals surface area contributed by atoms with Gasteiger partial charge in [-0.1, -0.05) is 0 Å². The molecule has 0 saturated heterocycles. The number of hydrazine groups is 1. The fraction of sp³-hybridized carbons (Fsp3) is 0.312. The van der Waals surface area contributed by atoms with Crippen LogP contribution in [-0.2, 0) is 10.5 Å². The Labute approximate surface area is 135 Å². The van der Waals surface area contributed by atoms with Crippen LogP contribution in [0, 0.1) is 6.92 Å². The van der Waals surface area contributed by atoms with Crippen LogP contribution in [0.25, 0.3) is 11.3 Å². The lowest BCUT2D eigenvalue weighted by atomic mass is 10.0. The van der Waals surface area contributed by atoms with Gasteiger partial charge in [-0.15, -0.1) is 0 Å². The number of pyridine rings is 2. The first-order valence-corrected chi connectivity index (χ1v) is 7.40. The van der Waals surface area contributed by atoms with Crippen LogP contribution in [0.4, 0.5) is 5.69 Å². The summed E-state index contributed by atoms with van der Waals surface area (Å²) in [6.45, 7) is 1.94. The summed E-state index contributed by atoms with van der Waals surface area (Å²) in [5.74, 6) is -0.121. The van der Waals surface area contributed by atoms with E-state index in [1.165, 1.54) is 5.01 Å². The first kappa shape index (κ1) is 15.5. The molecular formula is C16H20N6O. The van der Waals surface area contributed by atoms with Crippen LogP contribution in [0.1, 0.15) is 11.3 Å². The molecule has 7 heteroatoms. The highest BCUT2D eigenvalue weighted by Crippen LogP contribution is 2.38. The summed E-state index contributed by atoms with van der Waals surface area (Å²) < 4.78 is 0. The number of anilines is 1. The maximum absolute atomic E-state index is 12.8. The van der Waals surface area contributed by atoms with Crippen LogP contribution < -0.4 is 21.1 Å². The monoisotopic (exact) mass is 312 g/mol. The van der Waals surface area contributed by atoms with Gasteiger partial charge in [-0.3, -0.25) is 25.4 Å². The van der Waals surface area contributed by atoms with Crippen LogP contribution >= 0.6 is 0 Å². The molecule has 0 aromatic carbocycles. The third-order valence-corrected chi connectivity index (χ3v) is 4.22. The Morgan fingerprint density at radius 3 is 2.48 bits per heavy atom. The smallest absolute Gasteiger partial charge is 0.281 e. The number of hydrogen-bond acceptors (Lipinski definition) is 6. The highest BCUT2D eigenvalue weighted by molar-refractivity contribution is 6.07. The summed E-state index contributed by atoms with van der Waals surface area (Å²) in [5, 5.41) is 7.68. The Balaban J connectivity index is 2.16. The molecule has 1 aliphatic heterocycles. The second kappa shape index (κ2) is 5.69. The van der Waals surface area contributed by atoms with E-state index in [2.05, 4.69) is 26.0 Å². The van der Waals surface area contributed by atoms with Crippen LogP contribution in [0.5, 0.6) is 0 Å². The number of nitrogens with zero attached hydrogens (tertiary/aromatic N) is 3. The molecule has 3 heterocycles. The second-order valence-electron chi connectivity index (χ2n) is 5.39. The van der Waals surface area contributed by atoms with Crippen molar-refractivity contribution in [1.29, 1.82) is 0 Å². The second-order valence-corrected chi connectivity index (χ2v) is 5.39. The van der Waals surface area contributed by atoms with Gasteiger partial charge < -0.3 is 0 Å².